The first-order chi connectivity index (χ1) is 14.9. The van der Waals surface area contributed by atoms with Crippen molar-refractivity contribution in [3.05, 3.63) is 78.6 Å². The Labute approximate surface area is 180 Å². The molecule has 0 spiro atoms. The van der Waals surface area contributed by atoms with E-state index in [1.165, 1.54) is 24.4 Å². The lowest BCUT2D eigenvalue weighted by atomic mass is 10.2. The van der Waals surface area contributed by atoms with Gasteiger partial charge >= 0.3 is 0 Å². The summed E-state index contributed by atoms with van der Waals surface area (Å²) >= 11 is 0. The van der Waals surface area contributed by atoms with E-state index in [1.807, 2.05) is 4.72 Å². The number of anilines is 1. The van der Waals surface area contributed by atoms with Crippen molar-refractivity contribution >= 4 is 27.5 Å². The van der Waals surface area contributed by atoms with Gasteiger partial charge < -0.3 is 10.1 Å². The highest BCUT2D eigenvalue weighted by Gasteiger charge is 2.22. The van der Waals surface area contributed by atoms with Crippen molar-refractivity contribution in [2.75, 3.05) is 5.32 Å². The zero-order valence-electron chi connectivity index (χ0n) is 16.7. The van der Waals surface area contributed by atoms with Gasteiger partial charge in [0.2, 0.25) is 5.91 Å². The zero-order valence-corrected chi connectivity index (χ0v) is 17.6. The van der Waals surface area contributed by atoms with Crippen LogP contribution in [0.15, 0.2) is 78.0 Å². The molecule has 0 unspecified atom stereocenters. The third kappa shape index (κ3) is 5.67. The van der Waals surface area contributed by atoms with Gasteiger partial charge in [-0.05, 0) is 42.8 Å². The van der Waals surface area contributed by atoms with Gasteiger partial charge in [-0.2, -0.15) is 0 Å². The molecule has 0 aliphatic heterocycles. The van der Waals surface area contributed by atoms with E-state index >= 15 is 0 Å². The molecule has 2 N–H and O–H groups in total. The van der Waals surface area contributed by atoms with Gasteiger partial charge in [-0.1, -0.05) is 31.2 Å². The number of para-hydroxylation sites is 2. The Kier molecular flexibility index (Phi) is 6.99. The number of nitrogens with one attached hydrogen (secondary N) is 2. The largest absolute Gasteiger partial charge is 0.455 e. The number of amides is 2. The van der Waals surface area contributed by atoms with Crippen LogP contribution in [0.4, 0.5) is 5.69 Å². The first-order valence-corrected chi connectivity index (χ1v) is 11.0. The molecule has 2 aromatic carbocycles. The number of sulfonamides is 1. The molecule has 0 aliphatic rings. The number of carbonyl (C=O) groups excluding carboxylic acids is 2. The van der Waals surface area contributed by atoms with Gasteiger partial charge in [0.25, 0.3) is 15.9 Å². The number of rotatable bonds is 8. The second kappa shape index (κ2) is 9.86. The predicted molar refractivity (Wildman–Crippen MR) is 115 cm³/mol. The molecule has 0 bridgehead atoms. The van der Waals surface area contributed by atoms with Crippen LogP contribution < -0.4 is 14.8 Å². The van der Waals surface area contributed by atoms with Gasteiger partial charge in [-0.15, -0.1) is 0 Å². The Morgan fingerprint density at radius 1 is 1.00 bits per heavy atom. The Hall–Kier alpha value is -3.72. The molecule has 31 heavy (non-hydrogen) atoms. The van der Waals surface area contributed by atoms with Crippen molar-refractivity contribution in [2.24, 2.45) is 0 Å². The summed E-state index contributed by atoms with van der Waals surface area (Å²) in [6, 6.07) is 15.8. The fourth-order valence-corrected chi connectivity index (χ4v) is 3.93. The maximum atomic E-state index is 12.9. The summed E-state index contributed by atoms with van der Waals surface area (Å²) in [5.74, 6) is -0.449. The summed E-state index contributed by atoms with van der Waals surface area (Å²) in [7, 11) is -4.15. The van der Waals surface area contributed by atoms with Crippen molar-refractivity contribution in [1.82, 2.24) is 9.71 Å². The van der Waals surface area contributed by atoms with E-state index in [9.17, 15) is 18.0 Å². The normalized spacial score (nSPS) is 10.9. The van der Waals surface area contributed by atoms with Gasteiger partial charge in [0.15, 0.2) is 0 Å². The van der Waals surface area contributed by atoms with Crippen molar-refractivity contribution < 1.29 is 22.7 Å². The van der Waals surface area contributed by atoms with Crippen LogP contribution in [-0.4, -0.2) is 25.2 Å². The Morgan fingerprint density at radius 3 is 2.48 bits per heavy atom. The Balaban J connectivity index is 1.86. The third-order valence-electron chi connectivity index (χ3n) is 4.14. The van der Waals surface area contributed by atoms with Crippen LogP contribution in [0, 0.1) is 0 Å². The van der Waals surface area contributed by atoms with Crippen LogP contribution >= 0.6 is 0 Å². The molecule has 160 valence electrons. The maximum Gasteiger partial charge on any atom is 0.266 e. The van der Waals surface area contributed by atoms with Crippen molar-refractivity contribution in [3.8, 4) is 11.5 Å². The molecule has 2 amide bonds. The van der Waals surface area contributed by atoms with Crippen LogP contribution in [0.2, 0.25) is 0 Å². The van der Waals surface area contributed by atoms with E-state index in [1.54, 1.807) is 55.6 Å². The molecule has 3 rings (SSSR count). The van der Waals surface area contributed by atoms with Gasteiger partial charge in [-0.3, -0.25) is 14.6 Å². The number of benzene rings is 2. The van der Waals surface area contributed by atoms with E-state index in [2.05, 4.69) is 10.3 Å². The number of hydrogen-bond acceptors (Lipinski definition) is 6. The highest BCUT2D eigenvalue weighted by molar-refractivity contribution is 7.90. The smallest absolute Gasteiger partial charge is 0.266 e. The predicted octanol–water partition coefficient (Wildman–Crippen LogP) is 3.73. The molecule has 0 saturated carbocycles. The minimum Gasteiger partial charge on any atom is -0.455 e. The van der Waals surface area contributed by atoms with Crippen LogP contribution in [0.1, 0.15) is 30.1 Å². The highest BCUT2D eigenvalue weighted by atomic mass is 32.2. The van der Waals surface area contributed by atoms with E-state index in [0.29, 0.717) is 12.2 Å². The van der Waals surface area contributed by atoms with Crippen LogP contribution in [0.3, 0.4) is 0 Å². The van der Waals surface area contributed by atoms with E-state index < -0.39 is 21.8 Å². The summed E-state index contributed by atoms with van der Waals surface area (Å²) in [4.78, 5) is 28.5. The maximum absolute atomic E-state index is 12.9. The Bertz CT molecular complexity index is 1180. The molecule has 9 heteroatoms. The van der Waals surface area contributed by atoms with Gasteiger partial charge in [-0.25, -0.2) is 13.1 Å². The van der Waals surface area contributed by atoms with Gasteiger partial charge in [0.05, 0.1) is 17.4 Å². The molecular weight excluding hydrogens is 418 g/mol. The quantitative estimate of drug-likeness (QED) is 0.553. The Morgan fingerprint density at radius 2 is 1.74 bits per heavy atom. The highest BCUT2D eigenvalue weighted by Crippen LogP contribution is 2.27. The number of hydrogen-bond donors (Lipinski definition) is 2. The summed E-state index contributed by atoms with van der Waals surface area (Å²) < 4.78 is 33.1. The van der Waals surface area contributed by atoms with E-state index in [0.717, 1.165) is 0 Å². The van der Waals surface area contributed by atoms with Crippen molar-refractivity contribution in [3.63, 3.8) is 0 Å². The van der Waals surface area contributed by atoms with Crippen molar-refractivity contribution in [1.29, 1.82) is 0 Å². The van der Waals surface area contributed by atoms with Gasteiger partial charge in [0.1, 0.15) is 16.4 Å². The molecule has 1 heterocycles. The monoisotopic (exact) mass is 439 g/mol. The average Bonchev–Trinajstić information content (AvgIpc) is 2.75. The third-order valence-corrected chi connectivity index (χ3v) is 5.58. The second-order valence-electron chi connectivity index (χ2n) is 6.52. The lowest BCUT2D eigenvalue weighted by Gasteiger charge is -2.14. The fraction of sp³-hybridized carbons (Fsp3) is 0.136. The molecule has 0 aliphatic carbocycles. The molecule has 0 saturated heterocycles. The zero-order chi connectivity index (χ0) is 22.3. The first-order valence-electron chi connectivity index (χ1n) is 9.53. The van der Waals surface area contributed by atoms with E-state index in [-0.39, 0.29) is 28.3 Å². The van der Waals surface area contributed by atoms with Crippen LogP contribution in [0.5, 0.6) is 11.5 Å². The number of pyridine rings is 1. The molecule has 1 aromatic heterocycles. The topological polar surface area (TPSA) is 114 Å². The summed E-state index contributed by atoms with van der Waals surface area (Å²) in [6.07, 6.45) is 3.69. The molecule has 8 nitrogen and oxygen atoms in total. The SMILES string of the molecule is CCCC(=O)NS(=O)(=O)c1ccccc1NC(=O)c1ccccc1Oc1cccnc1. The summed E-state index contributed by atoms with van der Waals surface area (Å²) in [5.41, 5.74) is 0.244. The second-order valence-corrected chi connectivity index (χ2v) is 8.17. The first kappa shape index (κ1) is 22.0. The molecule has 0 atom stereocenters. The number of carbonyl (C=O) groups is 2. The summed E-state index contributed by atoms with van der Waals surface area (Å²) in [6.45, 7) is 1.77. The standard InChI is InChI=1S/C22H21N3O5S/c1-2-8-21(26)25-31(28,29)20-13-6-4-11-18(20)24-22(27)17-10-3-5-12-19(17)30-16-9-7-14-23-15-16/h3-7,9-15H,2,8H2,1H3,(H,24,27)(H,25,26). The lowest BCUT2D eigenvalue weighted by Crippen LogP contribution is -2.31. The van der Waals surface area contributed by atoms with Gasteiger partial charge in [0, 0.05) is 12.6 Å². The lowest BCUT2D eigenvalue weighted by molar-refractivity contribution is -0.119. The molecular formula is C22H21N3O5S. The molecule has 0 radical (unpaired) electrons. The average molecular weight is 439 g/mol. The number of ether oxygens (including phenoxy) is 1. The molecule has 0 fully saturated rings. The van der Waals surface area contributed by atoms with Crippen LogP contribution in [0.25, 0.3) is 0 Å². The van der Waals surface area contributed by atoms with Crippen LogP contribution in [-0.2, 0) is 14.8 Å². The minimum absolute atomic E-state index is 0.0421. The van der Waals surface area contributed by atoms with E-state index in [4.69, 9.17) is 4.74 Å². The minimum atomic E-state index is -4.15. The fourth-order valence-electron chi connectivity index (χ4n) is 2.75. The van der Waals surface area contributed by atoms with Crippen molar-refractivity contribution in [2.45, 2.75) is 24.7 Å². The summed E-state index contributed by atoms with van der Waals surface area (Å²) in [5, 5.41) is 2.60. The number of aromatic nitrogens is 1. The molecule has 3 aromatic rings. The number of nitrogens with zero attached hydrogens (tertiary/aromatic N) is 1.